The molecule has 7 aromatic carbocycles. The first-order chi connectivity index (χ1) is 41.7. The van der Waals surface area contributed by atoms with E-state index in [1.165, 1.54) is 92.9 Å². The van der Waals surface area contributed by atoms with Gasteiger partial charge in [0.2, 0.25) is 0 Å². The van der Waals surface area contributed by atoms with Crippen molar-refractivity contribution < 1.29 is 46.0 Å². The summed E-state index contributed by atoms with van der Waals surface area (Å²) in [6.45, 7) is 21.7. The Balaban J connectivity index is 0.000000169. The van der Waals surface area contributed by atoms with Gasteiger partial charge < -0.3 is 46.0 Å². The molecule has 0 aromatic heterocycles. The summed E-state index contributed by atoms with van der Waals surface area (Å²) in [7, 11) is 0. The molecule has 9 nitrogen and oxygen atoms in total. The van der Waals surface area contributed by atoms with E-state index in [9.17, 15) is 46.0 Å². The topological polar surface area (TPSA) is 182 Å². The van der Waals surface area contributed by atoms with Crippen LogP contribution in [0.3, 0.4) is 0 Å². The maximum atomic E-state index is 11.2. The van der Waals surface area contributed by atoms with Crippen molar-refractivity contribution >= 4 is 0 Å². The van der Waals surface area contributed by atoms with Crippen molar-refractivity contribution in [3.05, 3.63) is 193 Å². The summed E-state index contributed by atoms with van der Waals surface area (Å²) in [4.78, 5) is 0. The van der Waals surface area contributed by atoms with Crippen LogP contribution in [-0.4, -0.2) is 46.0 Å². The molecule has 0 bridgehead atoms. The van der Waals surface area contributed by atoms with Crippen molar-refractivity contribution in [2.45, 2.75) is 236 Å². The lowest BCUT2D eigenvalue weighted by atomic mass is 9.72. The second-order valence-corrected chi connectivity index (χ2v) is 29.2. The fourth-order valence-corrected chi connectivity index (χ4v) is 16.9. The average molecular weight is 1190 g/mol. The Bertz CT molecular complexity index is 3430. The molecule has 9 heteroatoms. The van der Waals surface area contributed by atoms with Crippen LogP contribution in [0.1, 0.15) is 277 Å². The average Bonchev–Trinajstić information content (AvgIpc) is 1.57. The number of fused-ring (bicyclic) bond motifs is 4. The quantitative estimate of drug-likeness (QED) is 0.0602. The number of phenols is 9. The fraction of sp³-hybridized carbons (Fsp3) is 0.468. The summed E-state index contributed by atoms with van der Waals surface area (Å²) < 4.78 is 0. The fourth-order valence-electron chi connectivity index (χ4n) is 16.9. The van der Waals surface area contributed by atoms with Crippen LogP contribution >= 0.6 is 0 Å². The largest absolute Gasteiger partial charge is 0.508 e. The predicted octanol–water partition coefficient (Wildman–Crippen LogP) is 19.8. The standard InChI is InChI=1S/C43H58O3.C21H24O4.C15H16O2/c1-27(34-24-37(41(44)21-28(34)2)31-14-8-5-9-15-31)20-40(35-25-38(42(45)22-29(35)3)32-16-10-6-11-17-32)36-26-39(43(46)23-30(36)4)33-18-12-7-13-19-33;1-19(2)9-21(13-7-17(24)15(22)5-11(13)19)10-20(3,4)12-6-16(23)18(25)8-14(12)21;1-15(2,11-3-7-13(16)8-4-11)12-5-9-14(17)10-6-12/h21-27,31-33,40,44-46H,5-20H2,1-4H3;5-8,22-25H,9-10H2,1-4H3;3-10,16-17H,1-2H3. The molecule has 5 aliphatic carbocycles. The molecular weight excluding hydrogens is 1090 g/mol. The molecule has 0 heterocycles. The van der Waals surface area contributed by atoms with Gasteiger partial charge in [0.15, 0.2) is 23.0 Å². The highest BCUT2D eigenvalue weighted by Gasteiger charge is 2.57. The van der Waals surface area contributed by atoms with Gasteiger partial charge in [-0.25, -0.2) is 0 Å². The smallest absolute Gasteiger partial charge is 0.157 e. The van der Waals surface area contributed by atoms with E-state index in [1.807, 2.05) is 42.5 Å². The third kappa shape index (κ3) is 12.8. The van der Waals surface area contributed by atoms with Crippen LogP contribution < -0.4 is 0 Å². The van der Waals surface area contributed by atoms with Gasteiger partial charge in [-0.15, -0.1) is 0 Å². The number of rotatable bonds is 10. The lowest BCUT2D eigenvalue weighted by Crippen LogP contribution is -2.26. The molecule has 9 N–H and O–H groups in total. The van der Waals surface area contributed by atoms with Crippen LogP contribution in [0.4, 0.5) is 0 Å². The predicted molar refractivity (Wildman–Crippen MR) is 355 cm³/mol. The highest BCUT2D eigenvalue weighted by Crippen LogP contribution is 2.65. The molecule has 1 unspecified atom stereocenters. The van der Waals surface area contributed by atoms with Gasteiger partial charge in [-0.2, -0.15) is 0 Å². The Morgan fingerprint density at radius 2 is 0.682 bits per heavy atom. The molecule has 0 aliphatic heterocycles. The molecule has 88 heavy (non-hydrogen) atoms. The van der Waals surface area contributed by atoms with Crippen LogP contribution in [-0.2, 0) is 21.7 Å². The zero-order valence-electron chi connectivity index (χ0n) is 54.0. The molecule has 12 rings (SSSR count). The summed E-state index contributed by atoms with van der Waals surface area (Å²) >= 11 is 0. The van der Waals surface area contributed by atoms with E-state index >= 15 is 0 Å². The molecule has 0 amide bonds. The third-order valence-electron chi connectivity index (χ3n) is 21.6. The Hall–Kier alpha value is -7.26. The van der Waals surface area contributed by atoms with E-state index in [1.54, 1.807) is 48.5 Å². The van der Waals surface area contributed by atoms with E-state index in [4.69, 9.17) is 0 Å². The summed E-state index contributed by atoms with van der Waals surface area (Å²) in [5.41, 5.74) is 16.3. The molecule has 5 aliphatic rings. The van der Waals surface area contributed by atoms with Crippen LogP contribution in [0, 0.1) is 20.8 Å². The molecule has 3 saturated carbocycles. The minimum absolute atomic E-state index is 0.102. The molecule has 7 aromatic rings. The Kier molecular flexibility index (Phi) is 18.3. The van der Waals surface area contributed by atoms with Gasteiger partial charge in [-0.05, 0) is 263 Å². The maximum absolute atomic E-state index is 11.2. The second-order valence-electron chi connectivity index (χ2n) is 29.2. The molecule has 1 atom stereocenters. The van der Waals surface area contributed by atoms with Gasteiger partial charge in [-0.3, -0.25) is 0 Å². The van der Waals surface area contributed by atoms with Gasteiger partial charge in [0.25, 0.3) is 0 Å². The highest BCUT2D eigenvalue weighted by molar-refractivity contribution is 5.65. The molecule has 468 valence electrons. The number of aromatic hydroxyl groups is 9. The van der Waals surface area contributed by atoms with Crippen molar-refractivity contribution in [1.82, 2.24) is 0 Å². The third-order valence-corrected chi connectivity index (χ3v) is 21.6. The Morgan fingerprint density at radius 1 is 0.386 bits per heavy atom. The van der Waals surface area contributed by atoms with E-state index < -0.39 is 0 Å². The lowest BCUT2D eigenvalue weighted by molar-refractivity contribution is 0.348. The number of hydrogen-bond acceptors (Lipinski definition) is 9. The molecular formula is C79H98O9. The molecule has 1 spiro atoms. The van der Waals surface area contributed by atoms with E-state index in [0.717, 1.165) is 106 Å². The normalized spacial score (nSPS) is 18.4. The Morgan fingerprint density at radius 3 is 1.01 bits per heavy atom. The number of aryl methyl sites for hydroxylation is 3. The first-order valence-corrected chi connectivity index (χ1v) is 32.9. The van der Waals surface area contributed by atoms with Crippen LogP contribution in [0.15, 0.2) is 109 Å². The van der Waals surface area contributed by atoms with Crippen LogP contribution in [0.25, 0.3) is 0 Å². The summed E-state index contributed by atoms with van der Waals surface area (Å²) in [5.74, 6) is 3.17. The van der Waals surface area contributed by atoms with Crippen LogP contribution in [0.5, 0.6) is 51.7 Å². The van der Waals surface area contributed by atoms with Crippen molar-refractivity contribution in [3.8, 4) is 51.7 Å². The monoisotopic (exact) mass is 1190 g/mol. The lowest BCUT2D eigenvalue weighted by Gasteiger charge is -2.31. The Labute approximate surface area is 523 Å². The molecule has 3 fully saturated rings. The zero-order valence-corrected chi connectivity index (χ0v) is 54.0. The first-order valence-electron chi connectivity index (χ1n) is 32.9. The van der Waals surface area contributed by atoms with Crippen LogP contribution in [0.2, 0.25) is 0 Å². The zero-order chi connectivity index (χ0) is 63.2. The molecule has 0 radical (unpaired) electrons. The van der Waals surface area contributed by atoms with E-state index in [0.29, 0.717) is 35.0 Å². The number of hydrogen-bond donors (Lipinski definition) is 9. The minimum atomic E-state index is -0.353. The SMILES string of the molecule is CC(C)(c1ccc(O)cc1)c1ccc(O)cc1.CC1(C)CC2(CC(C)(C)c3cc(O)c(O)cc32)c2cc(O)c(O)cc21.Cc1cc(O)c(C2CCCCC2)cc1C(C)CC(c1cc(C2CCCCC2)c(O)cc1C)c1cc(C2CCCCC2)c(O)cc1C. The van der Waals surface area contributed by atoms with Crippen molar-refractivity contribution in [1.29, 1.82) is 0 Å². The van der Waals surface area contributed by atoms with Gasteiger partial charge in [0.05, 0.1) is 0 Å². The van der Waals surface area contributed by atoms with Crippen molar-refractivity contribution in [3.63, 3.8) is 0 Å². The van der Waals surface area contributed by atoms with E-state index in [2.05, 4.69) is 87.4 Å². The van der Waals surface area contributed by atoms with Gasteiger partial charge in [-0.1, -0.05) is 149 Å². The second kappa shape index (κ2) is 25.3. The first kappa shape index (κ1) is 63.7. The van der Waals surface area contributed by atoms with Gasteiger partial charge >= 0.3 is 0 Å². The summed E-state index contributed by atoms with van der Waals surface area (Å²) in [5, 5.41) is 92.4. The summed E-state index contributed by atoms with van der Waals surface area (Å²) in [6.07, 6.45) is 20.8. The minimum Gasteiger partial charge on any atom is -0.508 e. The number of benzene rings is 7. The molecule has 0 saturated heterocycles. The summed E-state index contributed by atoms with van der Waals surface area (Å²) in [6, 6.07) is 34.3. The highest BCUT2D eigenvalue weighted by atomic mass is 16.3. The van der Waals surface area contributed by atoms with Crippen molar-refractivity contribution in [2.75, 3.05) is 0 Å². The number of phenolic OH excluding ortho intramolecular Hbond substituents is 9. The maximum Gasteiger partial charge on any atom is 0.157 e. The van der Waals surface area contributed by atoms with E-state index in [-0.39, 0.29) is 68.0 Å². The van der Waals surface area contributed by atoms with Gasteiger partial charge in [0.1, 0.15) is 28.7 Å². The van der Waals surface area contributed by atoms with Gasteiger partial charge in [0, 0.05) is 16.7 Å². The van der Waals surface area contributed by atoms with Crippen molar-refractivity contribution in [2.24, 2.45) is 0 Å².